The van der Waals surface area contributed by atoms with E-state index < -0.39 is 5.09 Å². The summed E-state index contributed by atoms with van der Waals surface area (Å²) in [5.41, 5.74) is 0. The van der Waals surface area contributed by atoms with Crippen molar-refractivity contribution in [2.45, 2.75) is 0 Å². The maximum atomic E-state index is 8.70. The Balaban J connectivity index is -0.0000000800. The van der Waals surface area contributed by atoms with Crippen LogP contribution in [0.25, 0.3) is 0 Å². The molecule has 0 radical (unpaired) electrons. The van der Waals surface area contributed by atoms with Crippen molar-refractivity contribution in [3.05, 3.63) is 10.1 Å². The SMILES string of the molecule is O=[N+]([O-])OO.[AlH3].[Zn]. The Labute approximate surface area is 62.6 Å². The fraction of sp³-hybridized carbons (Fsp3) is 0. The minimum Gasteiger partial charge on any atom is -0.214 e. The Hall–Kier alpha value is 0.316. The van der Waals surface area contributed by atoms with E-state index in [1.807, 2.05) is 0 Å². The molecule has 0 spiro atoms. The fourth-order valence-corrected chi connectivity index (χ4v) is 0. The smallest absolute Gasteiger partial charge is 0.214 e. The van der Waals surface area contributed by atoms with E-state index in [2.05, 4.69) is 4.99 Å². The monoisotopic (exact) mass is 173 g/mol. The van der Waals surface area contributed by atoms with E-state index in [4.69, 9.17) is 15.4 Å². The van der Waals surface area contributed by atoms with Gasteiger partial charge in [0.05, 0.1) is 0 Å². The number of nitrogens with zero attached hydrogens (tertiary/aromatic N) is 1. The molecule has 0 amide bonds. The van der Waals surface area contributed by atoms with Crippen LogP contribution in [0.1, 0.15) is 0 Å². The first-order valence-electron chi connectivity index (χ1n) is 0.730. The second-order valence-corrected chi connectivity index (χ2v) is 0.305. The van der Waals surface area contributed by atoms with Crippen LogP contribution in [-0.2, 0) is 24.5 Å². The van der Waals surface area contributed by atoms with Crippen LogP contribution in [0, 0.1) is 10.1 Å². The van der Waals surface area contributed by atoms with Crippen LogP contribution in [0.2, 0.25) is 0 Å². The average Bonchev–Trinajstić information content (AvgIpc) is 1.38. The molecule has 38 valence electrons. The first-order valence-corrected chi connectivity index (χ1v) is 0.730. The minimum atomic E-state index is -1.32. The molecule has 0 atom stereocenters. The van der Waals surface area contributed by atoms with Gasteiger partial charge in [-0.15, -0.1) is 15.1 Å². The molecule has 7 heavy (non-hydrogen) atoms. The van der Waals surface area contributed by atoms with Gasteiger partial charge in [-0.1, -0.05) is 0 Å². The normalized spacial score (nSPS) is 4.71. The number of rotatable bonds is 1. The molecule has 0 aromatic carbocycles. The molecule has 5 nitrogen and oxygen atoms in total. The molecule has 0 aliphatic carbocycles. The zero-order valence-electron chi connectivity index (χ0n) is 2.83. The summed E-state index contributed by atoms with van der Waals surface area (Å²) in [6.45, 7) is 0. The Kier molecular flexibility index (Phi) is 21.4. The fourth-order valence-electron chi connectivity index (χ4n) is 0. The molecule has 0 bridgehead atoms. The molecule has 0 unspecified atom stereocenters. The van der Waals surface area contributed by atoms with E-state index in [0.717, 1.165) is 0 Å². The molecule has 0 heterocycles. The maximum Gasteiger partial charge on any atom is 0.322 e. The molecule has 0 rings (SSSR count). The van der Waals surface area contributed by atoms with E-state index >= 15 is 0 Å². The van der Waals surface area contributed by atoms with Gasteiger partial charge >= 0.3 is 5.09 Å². The van der Waals surface area contributed by atoms with Crippen molar-refractivity contribution in [2.24, 2.45) is 0 Å². The van der Waals surface area contributed by atoms with Crippen LogP contribution in [0.3, 0.4) is 0 Å². The van der Waals surface area contributed by atoms with Crippen molar-refractivity contribution in [2.75, 3.05) is 0 Å². The molecule has 0 fully saturated rings. The quantitative estimate of drug-likeness (QED) is 0.227. The van der Waals surface area contributed by atoms with E-state index in [9.17, 15) is 0 Å². The van der Waals surface area contributed by atoms with Gasteiger partial charge in [-0.25, -0.2) is 5.26 Å². The first kappa shape index (κ1) is 15.7. The number of hydrogen-bond acceptors (Lipinski definition) is 4. The average molecular weight is 174 g/mol. The third kappa shape index (κ3) is 21.9. The molecule has 7 heteroatoms. The van der Waals surface area contributed by atoms with Crippen LogP contribution in [0.15, 0.2) is 0 Å². The van der Waals surface area contributed by atoms with Gasteiger partial charge in [0.2, 0.25) is 0 Å². The first-order chi connectivity index (χ1) is 2.27. The van der Waals surface area contributed by atoms with Crippen molar-refractivity contribution < 1.29 is 34.8 Å². The van der Waals surface area contributed by atoms with Crippen molar-refractivity contribution in [3.63, 3.8) is 0 Å². The Morgan fingerprint density at radius 1 is 1.71 bits per heavy atom. The van der Waals surface area contributed by atoms with E-state index in [-0.39, 0.29) is 36.8 Å². The van der Waals surface area contributed by atoms with Gasteiger partial charge < -0.3 is 0 Å². The molecule has 1 N–H and O–H groups in total. The summed E-state index contributed by atoms with van der Waals surface area (Å²) in [6, 6.07) is 0. The van der Waals surface area contributed by atoms with Crippen molar-refractivity contribution >= 4 is 17.4 Å². The Bertz CT molecular complexity index is 47.0. The minimum absolute atomic E-state index is 0. The van der Waals surface area contributed by atoms with Gasteiger partial charge in [0.15, 0.2) is 17.4 Å². The molecule has 0 aliphatic heterocycles. The Morgan fingerprint density at radius 2 is 1.86 bits per heavy atom. The van der Waals surface area contributed by atoms with E-state index in [0.29, 0.717) is 0 Å². The van der Waals surface area contributed by atoms with E-state index in [1.54, 1.807) is 0 Å². The summed E-state index contributed by atoms with van der Waals surface area (Å²) in [5.74, 6) is 0. The topological polar surface area (TPSA) is 72.6 Å². The second kappa shape index (κ2) is 9.58. The summed E-state index contributed by atoms with van der Waals surface area (Å²) in [6.07, 6.45) is 0. The standard InChI is InChI=1S/Al.HNO4.Zn.3H/c;2-1(3)5-4;;;;/h;4H;;;;. The zero-order valence-corrected chi connectivity index (χ0v) is 5.79. The summed E-state index contributed by atoms with van der Waals surface area (Å²) in [7, 11) is 0. The summed E-state index contributed by atoms with van der Waals surface area (Å²) in [5, 5.41) is 14.3. The van der Waals surface area contributed by atoms with Crippen LogP contribution in [0.4, 0.5) is 0 Å². The van der Waals surface area contributed by atoms with Crippen LogP contribution in [-0.4, -0.2) is 27.7 Å². The van der Waals surface area contributed by atoms with E-state index in [1.165, 1.54) is 0 Å². The van der Waals surface area contributed by atoms with Gasteiger partial charge in [-0.05, 0) is 0 Å². The molecular weight excluding hydrogens is 170 g/mol. The van der Waals surface area contributed by atoms with Crippen LogP contribution < -0.4 is 0 Å². The molecule has 0 saturated heterocycles. The summed E-state index contributed by atoms with van der Waals surface area (Å²) >= 11 is 0. The summed E-state index contributed by atoms with van der Waals surface area (Å²) < 4.78 is 0. The van der Waals surface area contributed by atoms with Crippen LogP contribution >= 0.6 is 0 Å². The third-order valence-corrected chi connectivity index (χ3v) is 0.0667. The van der Waals surface area contributed by atoms with Gasteiger partial charge in [0, 0.05) is 19.5 Å². The van der Waals surface area contributed by atoms with Crippen molar-refractivity contribution in [3.8, 4) is 0 Å². The Morgan fingerprint density at radius 3 is 1.86 bits per heavy atom. The van der Waals surface area contributed by atoms with Crippen molar-refractivity contribution in [1.82, 2.24) is 0 Å². The van der Waals surface area contributed by atoms with Gasteiger partial charge in [0.1, 0.15) is 0 Å². The zero-order chi connectivity index (χ0) is 4.28. The predicted octanol–water partition coefficient (Wildman–Crippen LogP) is -1.52. The van der Waals surface area contributed by atoms with Gasteiger partial charge in [-0.2, -0.15) is 0 Å². The largest absolute Gasteiger partial charge is 0.322 e. The van der Waals surface area contributed by atoms with Crippen molar-refractivity contribution in [1.29, 1.82) is 0 Å². The summed E-state index contributed by atoms with van der Waals surface area (Å²) in [4.78, 5) is 11.2. The molecule has 0 aromatic rings. The van der Waals surface area contributed by atoms with Crippen LogP contribution in [0.5, 0.6) is 0 Å². The van der Waals surface area contributed by atoms with Gasteiger partial charge in [0.25, 0.3) is 0 Å². The molecule has 0 saturated carbocycles. The van der Waals surface area contributed by atoms with Gasteiger partial charge in [-0.3, -0.25) is 0 Å². The molecule has 0 aliphatic rings. The molecular formula is H4AlNO4Zn. The maximum absolute atomic E-state index is 8.70. The number of hydrogen-bond donors (Lipinski definition) is 1. The second-order valence-electron chi connectivity index (χ2n) is 0.305. The predicted molar refractivity (Wildman–Crippen MR) is 20.6 cm³/mol. The molecule has 0 aromatic heterocycles. The third-order valence-electron chi connectivity index (χ3n) is 0.0667.